The predicted octanol–water partition coefficient (Wildman–Crippen LogP) is 3.05. The molecule has 0 aromatic heterocycles. The summed E-state index contributed by atoms with van der Waals surface area (Å²) in [5.74, 6) is 0.652. The Morgan fingerprint density at radius 3 is 2.63 bits per heavy atom. The third-order valence-electron chi connectivity index (χ3n) is 3.93. The molecule has 0 radical (unpaired) electrons. The third kappa shape index (κ3) is 4.05. The first-order chi connectivity index (χ1) is 9.31. The molecule has 1 aromatic rings. The van der Waals surface area contributed by atoms with Crippen molar-refractivity contribution in [3.05, 3.63) is 35.9 Å². The summed E-state index contributed by atoms with van der Waals surface area (Å²) in [6.45, 7) is 3.96. The molecule has 1 aliphatic heterocycles. The van der Waals surface area contributed by atoms with E-state index in [4.69, 9.17) is 10.00 Å². The van der Waals surface area contributed by atoms with Crippen molar-refractivity contribution in [3.63, 3.8) is 0 Å². The summed E-state index contributed by atoms with van der Waals surface area (Å²) < 4.78 is 5.41. The Balaban J connectivity index is 1.98. The minimum absolute atomic E-state index is 0.129. The van der Waals surface area contributed by atoms with Crippen LogP contribution in [0.4, 0.5) is 0 Å². The first kappa shape index (κ1) is 14.0. The molecular formula is C16H22N2O. The summed E-state index contributed by atoms with van der Waals surface area (Å²) in [7, 11) is 0. The van der Waals surface area contributed by atoms with Crippen molar-refractivity contribution in [3.8, 4) is 6.07 Å². The molecule has 0 bridgehead atoms. The van der Waals surface area contributed by atoms with Gasteiger partial charge in [0.25, 0.3) is 0 Å². The summed E-state index contributed by atoms with van der Waals surface area (Å²) in [6.07, 6.45) is 2.74. The second kappa shape index (κ2) is 7.28. The molecule has 102 valence electrons. The number of nitriles is 1. The molecule has 2 atom stereocenters. The molecule has 3 nitrogen and oxygen atoms in total. The predicted molar refractivity (Wildman–Crippen MR) is 75.6 cm³/mol. The van der Waals surface area contributed by atoms with E-state index in [1.54, 1.807) is 0 Å². The Hall–Kier alpha value is -1.37. The van der Waals surface area contributed by atoms with Crippen LogP contribution in [0, 0.1) is 17.2 Å². The molecule has 1 fully saturated rings. The van der Waals surface area contributed by atoms with Crippen molar-refractivity contribution in [2.24, 2.45) is 5.92 Å². The van der Waals surface area contributed by atoms with Gasteiger partial charge in [-0.15, -0.1) is 0 Å². The highest BCUT2D eigenvalue weighted by Crippen LogP contribution is 2.23. The molecular weight excluding hydrogens is 236 g/mol. The van der Waals surface area contributed by atoms with Gasteiger partial charge in [-0.1, -0.05) is 30.3 Å². The maximum atomic E-state index is 9.01. The summed E-state index contributed by atoms with van der Waals surface area (Å²) in [5.41, 5.74) is 1.20. The van der Waals surface area contributed by atoms with Gasteiger partial charge in [0.15, 0.2) is 0 Å². The topological polar surface area (TPSA) is 45.0 Å². The highest BCUT2D eigenvalue weighted by Gasteiger charge is 2.23. The molecule has 0 amide bonds. The molecule has 1 aromatic carbocycles. The fourth-order valence-corrected chi connectivity index (χ4v) is 2.72. The van der Waals surface area contributed by atoms with Crippen LogP contribution in [0.5, 0.6) is 0 Å². The van der Waals surface area contributed by atoms with Crippen molar-refractivity contribution >= 4 is 0 Å². The van der Waals surface area contributed by atoms with Gasteiger partial charge in [0.1, 0.15) is 0 Å². The molecule has 1 N–H and O–H groups in total. The average molecular weight is 258 g/mol. The minimum atomic E-state index is 0.129. The van der Waals surface area contributed by atoms with Crippen molar-refractivity contribution in [1.82, 2.24) is 5.32 Å². The lowest BCUT2D eigenvalue weighted by atomic mass is 9.91. The highest BCUT2D eigenvalue weighted by atomic mass is 16.5. The van der Waals surface area contributed by atoms with Crippen molar-refractivity contribution in [2.45, 2.75) is 38.3 Å². The fraction of sp³-hybridized carbons (Fsp3) is 0.562. The van der Waals surface area contributed by atoms with Gasteiger partial charge in [-0.2, -0.15) is 5.26 Å². The summed E-state index contributed by atoms with van der Waals surface area (Å²) in [5, 5.41) is 12.6. The number of ether oxygens (including phenoxy) is 1. The Bertz CT molecular complexity index is 407. The number of rotatable bonds is 5. The Morgan fingerprint density at radius 1 is 1.32 bits per heavy atom. The number of hydrogen-bond acceptors (Lipinski definition) is 3. The van der Waals surface area contributed by atoms with Gasteiger partial charge in [0.2, 0.25) is 0 Å². The van der Waals surface area contributed by atoms with Gasteiger partial charge in [-0.25, -0.2) is 0 Å². The van der Waals surface area contributed by atoms with Crippen LogP contribution in [-0.2, 0) is 4.74 Å². The van der Waals surface area contributed by atoms with Gasteiger partial charge < -0.3 is 10.1 Å². The van der Waals surface area contributed by atoms with Crippen molar-refractivity contribution in [1.29, 1.82) is 5.26 Å². The maximum absolute atomic E-state index is 9.01. The molecule has 19 heavy (non-hydrogen) atoms. The Morgan fingerprint density at radius 2 is 2.00 bits per heavy atom. The molecule has 1 saturated heterocycles. The second-order valence-electron chi connectivity index (χ2n) is 5.23. The molecule has 2 unspecified atom stereocenters. The van der Waals surface area contributed by atoms with E-state index < -0.39 is 0 Å². The molecule has 2 rings (SSSR count). The number of nitrogens with one attached hydrogen (secondary N) is 1. The molecule has 1 heterocycles. The van der Waals surface area contributed by atoms with Crippen molar-refractivity contribution < 1.29 is 4.74 Å². The lowest BCUT2D eigenvalue weighted by Gasteiger charge is -2.31. The van der Waals surface area contributed by atoms with Crippen molar-refractivity contribution in [2.75, 3.05) is 13.2 Å². The zero-order valence-corrected chi connectivity index (χ0v) is 11.5. The monoisotopic (exact) mass is 258 g/mol. The minimum Gasteiger partial charge on any atom is -0.381 e. The van der Waals surface area contributed by atoms with E-state index in [1.165, 1.54) is 5.56 Å². The van der Waals surface area contributed by atoms with Crippen LogP contribution in [0.3, 0.4) is 0 Å². The SMILES string of the molecule is CC(NC(CC#N)c1ccccc1)C1CCOCC1. The largest absolute Gasteiger partial charge is 0.381 e. The Labute approximate surface area is 115 Å². The molecule has 0 spiro atoms. The first-order valence-electron chi connectivity index (χ1n) is 7.07. The molecule has 0 saturated carbocycles. The van der Waals surface area contributed by atoms with E-state index in [0.717, 1.165) is 26.1 Å². The standard InChI is InChI=1S/C16H22N2O/c1-13(14-8-11-19-12-9-14)18-16(7-10-17)15-5-3-2-4-6-15/h2-6,13-14,16,18H,7-9,11-12H2,1H3. The highest BCUT2D eigenvalue weighted by molar-refractivity contribution is 5.20. The van der Waals surface area contributed by atoms with Crippen LogP contribution in [0.1, 0.15) is 37.8 Å². The summed E-state index contributed by atoms with van der Waals surface area (Å²) >= 11 is 0. The van der Waals surface area contributed by atoms with Gasteiger partial charge in [-0.3, -0.25) is 0 Å². The molecule has 0 aliphatic carbocycles. The average Bonchev–Trinajstić information content (AvgIpc) is 2.48. The zero-order valence-electron chi connectivity index (χ0n) is 11.5. The smallest absolute Gasteiger partial charge is 0.0641 e. The number of benzene rings is 1. The van der Waals surface area contributed by atoms with E-state index in [0.29, 0.717) is 18.4 Å². The van der Waals surface area contributed by atoms with E-state index in [9.17, 15) is 0 Å². The van der Waals surface area contributed by atoms with Crippen LogP contribution >= 0.6 is 0 Å². The van der Waals surface area contributed by atoms with E-state index >= 15 is 0 Å². The summed E-state index contributed by atoms with van der Waals surface area (Å²) in [6, 6.07) is 13.1. The number of nitrogens with zero attached hydrogens (tertiary/aromatic N) is 1. The van der Waals surface area contributed by atoms with Crippen LogP contribution < -0.4 is 5.32 Å². The summed E-state index contributed by atoms with van der Waals surface area (Å²) in [4.78, 5) is 0. The first-order valence-corrected chi connectivity index (χ1v) is 7.07. The third-order valence-corrected chi connectivity index (χ3v) is 3.93. The second-order valence-corrected chi connectivity index (χ2v) is 5.23. The fourth-order valence-electron chi connectivity index (χ4n) is 2.72. The van der Waals surface area contributed by atoms with Crippen LogP contribution in [0.25, 0.3) is 0 Å². The van der Waals surface area contributed by atoms with Gasteiger partial charge in [-0.05, 0) is 31.2 Å². The van der Waals surface area contributed by atoms with Crippen LogP contribution in [-0.4, -0.2) is 19.3 Å². The maximum Gasteiger partial charge on any atom is 0.0641 e. The molecule has 3 heteroatoms. The van der Waals surface area contributed by atoms with E-state index in [-0.39, 0.29) is 6.04 Å². The molecule has 1 aliphatic rings. The lowest BCUT2D eigenvalue weighted by Crippen LogP contribution is -2.38. The Kier molecular flexibility index (Phi) is 5.38. The number of hydrogen-bond donors (Lipinski definition) is 1. The lowest BCUT2D eigenvalue weighted by molar-refractivity contribution is 0.0544. The van der Waals surface area contributed by atoms with Gasteiger partial charge >= 0.3 is 0 Å². The van der Waals surface area contributed by atoms with Gasteiger partial charge in [0, 0.05) is 25.3 Å². The van der Waals surface area contributed by atoms with Gasteiger partial charge in [0.05, 0.1) is 12.5 Å². The van der Waals surface area contributed by atoms with Crippen LogP contribution in [0.15, 0.2) is 30.3 Å². The quantitative estimate of drug-likeness (QED) is 0.883. The van der Waals surface area contributed by atoms with E-state index in [2.05, 4.69) is 30.4 Å². The van der Waals surface area contributed by atoms with E-state index in [1.807, 2.05) is 18.2 Å². The zero-order chi connectivity index (χ0) is 13.5. The normalized spacial score (nSPS) is 19.6. The van der Waals surface area contributed by atoms with Crippen LogP contribution in [0.2, 0.25) is 0 Å².